The predicted octanol–water partition coefficient (Wildman–Crippen LogP) is 0.470. The summed E-state index contributed by atoms with van der Waals surface area (Å²) in [6.07, 6.45) is 4.31. The summed E-state index contributed by atoms with van der Waals surface area (Å²) < 4.78 is 22.8. The van der Waals surface area contributed by atoms with Gasteiger partial charge in [0.1, 0.15) is 0 Å². The maximum absolute atomic E-state index is 11.5. The zero-order valence-electron chi connectivity index (χ0n) is 10.0. The minimum Gasteiger partial charge on any atom is -0.480 e. The lowest BCUT2D eigenvalue weighted by atomic mass is 10.1. The third-order valence-corrected chi connectivity index (χ3v) is 4.87. The summed E-state index contributed by atoms with van der Waals surface area (Å²) in [6.45, 7) is 3.33. The first-order valence-electron chi connectivity index (χ1n) is 5.09. The lowest BCUT2D eigenvalue weighted by Gasteiger charge is -2.22. The lowest BCUT2D eigenvalue weighted by Crippen LogP contribution is -2.43. The molecular formula is C10H16N2O4S. The second-order valence-corrected chi connectivity index (χ2v) is 6.78. The number of sulfone groups is 1. The van der Waals surface area contributed by atoms with E-state index in [9.17, 15) is 13.2 Å². The van der Waals surface area contributed by atoms with Gasteiger partial charge in [0.15, 0.2) is 14.6 Å². The van der Waals surface area contributed by atoms with Gasteiger partial charge in [0.25, 0.3) is 0 Å². The van der Waals surface area contributed by atoms with Crippen LogP contribution in [0.15, 0.2) is 12.4 Å². The number of rotatable bonds is 5. The maximum atomic E-state index is 11.5. The van der Waals surface area contributed by atoms with E-state index < -0.39 is 20.6 Å². The first-order chi connectivity index (χ1) is 7.67. The highest BCUT2D eigenvalue weighted by Crippen LogP contribution is 2.22. The Morgan fingerprint density at radius 1 is 1.59 bits per heavy atom. The van der Waals surface area contributed by atoms with E-state index in [1.807, 2.05) is 6.92 Å². The Morgan fingerprint density at radius 2 is 2.18 bits per heavy atom. The molecule has 0 aliphatic rings. The molecule has 6 nitrogen and oxygen atoms in total. The molecule has 17 heavy (non-hydrogen) atoms. The zero-order chi connectivity index (χ0) is 13.3. The van der Waals surface area contributed by atoms with Gasteiger partial charge in [-0.3, -0.25) is 9.48 Å². The highest BCUT2D eigenvalue weighted by atomic mass is 32.2. The zero-order valence-corrected chi connectivity index (χ0v) is 10.9. The first kappa shape index (κ1) is 13.7. The van der Waals surface area contributed by atoms with Crippen LogP contribution < -0.4 is 0 Å². The molecule has 1 atom stereocenters. The van der Waals surface area contributed by atoms with Gasteiger partial charge in [-0.15, -0.1) is 0 Å². The molecule has 0 fully saturated rings. The number of carbonyl (C=O) groups is 1. The Hall–Kier alpha value is -1.37. The van der Waals surface area contributed by atoms with Crippen molar-refractivity contribution in [1.82, 2.24) is 9.78 Å². The van der Waals surface area contributed by atoms with Crippen LogP contribution in [0.1, 0.15) is 18.9 Å². The van der Waals surface area contributed by atoms with E-state index in [1.165, 1.54) is 6.92 Å². The van der Waals surface area contributed by atoms with Crippen molar-refractivity contribution in [2.45, 2.75) is 31.6 Å². The summed E-state index contributed by atoms with van der Waals surface area (Å²) in [6, 6.07) is 0. The molecular weight excluding hydrogens is 244 g/mol. The fourth-order valence-electron chi connectivity index (χ4n) is 1.37. The molecule has 7 heteroatoms. The molecule has 0 radical (unpaired) electrons. The SMILES string of the molecule is Cc1cnn(CC[C@](C)(C(=O)O)S(C)(=O)=O)c1. The molecule has 0 amide bonds. The fraction of sp³-hybridized carbons (Fsp3) is 0.600. The Morgan fingerprint density at radius 3 is 2.53 bits per heavy atom. The van der Waals surface area contributed by atoms with Gasteiger partial charge in [-0.25, -0.2) is 8.42 Å². The third-order valence-electron chi connectivity index (χ3n) is 2.85. The molecule has 1 aromatic heterocycles. The highest BCUT2D eigenvalue weighted by molar-refractivity contribution is 7.92. The number of hydrogen-bond donors (Lipinski definition) is 1. The summed E-state index contributed by atoms with van der Waals surface area (Å²) in [5.41, 5.74) is 0.946. The van der Waals surface area contributed by atoms with Crippen LogP contribution in [0.2, 0.25) is 0 Å². The Balaban J connectivity index is 2.87. The Bertz CT molecular complexity index is 520. The van der Waals surface area contributed by atoms with E-state index in [-0.39, 0.29) is 13.0 Å². The van der Waals surface area contributed by atoms with Crippen LogP contribution in [0.4, 0.5) is 0 Å². The smallest absolute Gasteiger partial charge is 0.324 e. The molecule has 0 aliphatic heterocycles. The molecule has 0 saturated heterocycles. The molecule has 0 saturated carbocycles. The topological polar surface area (TPSA) is 89.3 Å². The molecule has 96 valence electrons. The summed E-state index contributed by atoms with van der Waals surface area (Å²) >= 11 is 0. The van der Waals surface area contributed by atoms with Crippen molar-refractivity contribution in [2.24, 2.45) is 0 Å². The standard InChI is InChI=1S/C10H16N2O4S/c1-8-6-11-12(7-8)5-4-10(2,9(13)14)17(3,15)16/h6-7H,4-5H2,1-3H3,(H,13,14)/t10-/m1/s1. The monoisotopic (exact) mass is 260 g/mol. The van der Waals surface area contributed by atoms with Crippen molar-refractivity contribution >= 4 is 15.8 Å². The van der Waals surface area contributed by atoms with Gasteiger partial charge in [-0.05, 0) is 25.8 Å². The van der Waals surface area contributed by atoms with E-state index in [1.54, 1.807) is 17.1 Å². The number of aromatic nitrogens is 2. The van der Waals surface area contributed by atoms with Gasteiger partial charge in [0.2, 0.25) is 0 Å². The second-order valence-electron chi connectivity index (χ2n) is 4.34. The maximum Gasteiger partial charge on any atom is 0.324 e. The molecule has 0 bridgehead atoms. The van der Waals surface area contributed by atoms with Gasteiger partial charge in [-0.1, -0.05) is 0 Å². The minimum absolute atomic E-state index is 0.0116. The Labute approximate surface area is 100 Å². The third kappa shape index (κ3) is 2.85. The second kappa shape index (κ2) is 4.48. The van der Waals surface area contributed by atoms with Crippen molar-refractivity contribution in [3.05, 3.63) is 18.0 Å². The van der Waals surface area contributed by atoms with E-state index in [4.69, 9.17) is 5.11 Å². The molecule has 0 aliphatic carbocycles. The lowest BCUT2D eigenvalue weighted by molar-refractivity contribution is -0.139. The number of hydrogen-bond acceptors (Lipinski definition) is 4. The number of carboxylic acids is 1. The van der Waals surface area contributed by atoms with Crippen LogP contribution in [-0.4, -0.2) is 40.3 Å². The highest BCUT2D eigenvalue weighted by Gasteiger charge is 2.43. The van der Waals surface area contributed by atoms with Crippen molar-refractivity contribution in [3.63, 3.8) is 0 Å². The van der Waals surface area contributed by atoms with Crippen molar-refractivity contribution in [1.29, 1.82) is 0 Å². The minimum atomic E-state index is -3.67. The van der Waals surface area contributed by atoms with Gasteiger partial charge >= 0.3 is 5.97 Å². The van der Waals surface area contributed by atoms with E-state index in [2.05, 4.69) is 5.10 Å². The normalized spacial score (nSPS) is 15.5. The van der Waals surface area contributed by atoms with Gasteiger partial charge in [0, 0.05) is 19.0 Å². The number of aryl methyl sites for hydroxylation is 2. The van der Waals surface area contributed by atoms with Crippen LogP contribution in [0, 0.1) is 6.92 Å². The van der Waals surface area contributed by atoms with Crippen molar-refractivity contribution in [2.75, 3.05) is 6.26 Å². The van der Waals surface area contributed by atoms with Crippen LogP contribution in [0.3, 0.4) is 0 Å². The average molecular weight is 260 g/mol. The number of nitrogens with zero attached hydrogens (tertiary/aromatic N) is 2. The summed E-state index contributed by atoms with van der Waals surface area (Å²) in [5, 5.41) is 13.0. The molecule has 1 aromatic rings. The molecule has 0 aromatic carbocycles. The number of carboxylic acid groups (broad SMARTS) is 1. The predicted molar refractivity (Wildman–Crippen MR) is 62.5 cm³/mol. The molecule has 1 heterocycles. The molecule has 1 N–H and O–H groups in total. The molecule has 1 rings (SSSR count). The summed E-state index contributed by atoms with van der Waals surface area (Å²) in [4.78, 5) is 11.1. The summed E-state index contributed by atoms with van der Waals surface area (Å²) in [5.74, 6) is -1.33. The summed E-state index contributed by atoms with van der Waals surface area (Å²) in [7, 11) is -3.67. The number of aliphatic carboxylic acids is 1. The molecule has 0 spiro atoms. The van der Waals surface area contributed by atoms with E-state index in [0.29, 0.717) is 0 Å². The molecule has 0 unspecified atom stereocenters. The first-order valence-corrected chi connectivity index (χ1v) is 6.98. The quantitative estimate of drug-likeness (QED) is 0.831. The largest absolute Gasteiger partial charge is 0.480 e. The fourth-order valence-corrected chi connectivity index (χ4v) is 2.15. The Kier molecular flexibility index (Phi) is 3.61. The van der Waals surface area contributed by atoms with E-state index >= 15 is 0 Å². The van der Waals surface area contributed by atoms with Crippen LogP contribution in [0.5, 0.6) is 0 Å². The van der Waals surface area contributed by atoms with Gasteiger partial charge in [-0.2, -0.15) is 5.10 Å². The van der Waals surface area contributed by atoms with Crippen LogP contribution >= 0.6 is 0 Å². The average Bonchev–Trinajstić information content (AvgIpc) is 2.58. The van der Waals surface area contributed by atoms with E-state index in [0.717, 1.165) is 11.8 Å². The van der Waals surface area contributed by atoms with Crippen LogP contribution in [0.25, 0.3) is 0 Å². The van der Waals surface area contributed by atoms with Crippen molar-refractivity contribution in [3.8, 4) is 0 Å². The van der Waals surface area contributed by atoms with Crippen LogP contribution in [-0.2, 0) is 21.2 Å². The van der Waals surface area contributed by atoms with Gasteiger partial charge < -0.3 is 5.11 Å². The van der Waals surface area contributed by atoms with Gasteiger partial charge in [0.05, 0.1) is 6.20 Å². The van der Waals surface area contributed by atoms with Crippen molar-refractivity contribution < 1.29 is 18.3 Å².